The van der Waals surface area contributed by atoms with E-state index in [0.717, 1.165) is 6.42 Å². The highest BCUT2D eigenvalue weighted by molar-refractivity contribution is 5.95. The highest BCUT2D eigenvalue weighted by Crippen LogP contribution is 2.19. The van der Waals surface area contributed by atoms with Gasteiger partial charge in [-0.15, -0.1) is 0 Å². The van der Waals surface area contributed by atoms with Crippen LogP contribution in [0.5, 0.6) is 0 Å². The number of nitrogens with zero attached hydrogens (tertiary/aromatic N) is 3. The van der Waals surface area contributed by atoms with Gasteiger partial charge in [0.1, 0.15) is 5.56 Å². The highest BCUT2D eigenvalue weighted by Gasteiger charge is 2.30. The molecular weight excluding hydrogens is 258 g/mol. The molecule has 2 rings (SSSR count). The van der Waals surface area contributed by atoms with Gasteiger partial charge >= 0.3 is 0 Å². The molecule has 0 radical (unpaired) electrons. The monoisotopic (exact) mass is 279 g/mol. The summed E-state index contributed by atoms with van der Waals surface area (Å²) in [5.41, 5.74) is 1.07. The van der Waals surface area contributed by atoms with Gasteiger partial charge in [-0.2, -0.15) is 5.10 Å². The Morgan fingerprint density at radius 1 is 1.40 bits per heavy atom. The van der Waals surface area contributed by atoms with Crippen molar-refractivity contribution < 1.29 is 9.90 Å². The van der Waals surface area contributed by atoms with Crippen LogP contribution >= 0.6 is 0 Å². The Hall–Kier alpha value is -1.69. The fourth-order valence-electron chi connectivity index (χ4n) is 2.49. The van der Waals surface area contributed by atoms with Gasteiger partial charge in [-0.25, -0.2) is 4.68 Å². The molecule has 2 unspecified atom stereocenters. The van der Waals surface area contributed by atoms with Crippen LogP contribution < -0.4 is 5.56 Å². The number of piperidine rings is 1. The number of carbonyl (C=O) groups excluding carboxylic acids is 1. The zero-order valence-electron chi connectivity index (χ0n) is 12.4. The molecule has 0 aromatic carbocycles. The molecule has 110 valence electrons. The molecule has 2 atom stereocenters. The number of carbonyl (C=O) groups is 1. The second kappa shape index (κ2) is 5.36. The van der Waals surface area contributed by atoms with Crippen molar-refractivity contribution in [1.82, 2.24) is 14.7 Å². The van der Waals surface area contributed by atoms with E-state index in [2.05, 4.69) is 5.10 Å². The minimum atomic E-state index is -0.528. The summed E-state index contributed by atoms with van der Waals surface area (Å²) < 4.78 is 1.19. The van der Waals surface area contributed by atoms with E-state index in [1.165, 1.54) is 4.68 Å². The van der Waals surface area contributed by atoms with Crippen molar-refractivity contribution in [3.8, 4) is 0 Å². The van der Waals surface area contributed by atoms with Crippen molar-refractivity contribution in [2.45, 2.75) is 33.3 Å². The number of likely N-dealkylation sites (tertiary alicyclic amines) is 1. The summed E-state index contributed by atoms with van der Waals surface area (Å²) in [6.45, 7) is 6.33. The van der Waals surface area contributed by atoms with E-state index >= 15 is 0 Å². The molecule has 1 amide bonds. The Morgan fingerprint density at radius 3 is 2.65 bits per heavy atom. The van der Waals surface area contributed by atoms with Crippen LogP contribution in [0.15, 0.2) is 4.79 Å². The third kappa shape index (κ3) is 2.47. The summed E-state index contributed by atoms with van der Waals surface area (Å²) in [5.74, 6) is -0.123. The zero-order chi connectivity index (χ0) is 15.0. The Balaban J connectivity index is 2.37. The topological polar surface area (TPSA) is 75.4 Å². The fourth-order valence-corrected chi connectivity index (χ4v) is 2.49. The lowest BCUT2D eigenvalue weighted by atomic mass is 9.95. The molecule has 1 aliphatic heterocycles. The summed E-state index contributed by atoms with van der Waals surface area (Å²) in [5, 5.41) is 14.0. The Bertz CT molecular complexity index is 594. The predicted octanol–water partition coefficient (Wildman–Crippen LogP) is 0.240. The first-order chi connectivity index (χ1) is 9.32. The predicted molar refractivity (Wildman–Crippen MR) is 74.6 cm³/mol. The summed E-state index contributed by atoms with van der Waals surface area (Å²) in [4.78, 5) is 26.3. The molecule has 0 spiro atoms. The first-order valence-corrected chi connectivity index (χ1v) is 6.84. The van der Waals surface area contributed by atoms with E-state index in [1.807, 2.05) is 6.92 Å². The number of hydrogen-bond acceptors (Lipinski definition) is 4. The van der Waals surface area contributed by atoms with E-state index in [-0.39, 0.29) is 29.5 Å². The lowest BCUT2D eigenvalue weighted by Crippen LogP contribution is -2.47. The number of hydrogen-bond donors (Lipinski definition) is 1. The summed E-state index contributed by atoms with van der Waals surface area (Å²) in [6.07, 6.45) is 0.218. The van der Waals surface area contributed by atoms with Crippen molar-refractivity contribution in [2.24, 2.45) is 13.0 Å². The number of rotatable bonds is 1. The fraction of sp³-hybridized carbons (Fsp3) is 0.643. The Kier molecular flexibility index (Phi) is 3.94. The Morgan fingerprint density at radius 2 is 2.05 bits per heavy atom. The summed E-state index contributed by atoms with van der Waals surface area (Å²) in [7, 11) is 1.54. The van der Waals surface area contributed by atoms with Crippen LogP contribution in [0.3, 0.4) is 0 Å². The standard InChI is InChI=1S/C14H21N3O3/c1-8-5-6-17(7-11(8)18)14(20)12-9(2)10(3)15-16(4)13(12)19/h8,11,18H,5-7H2,1-4H3. The normalized spacial score (nSPS) is 22.9. The van der Waals surface area contributed by atoms with Crippen LogP contribution in [0, 0.1) is 19.8 Å². The molecule has 20 heavy (non-hydrogen) atoms. The first kappa shape index (κ1) is 14.7. The van der Waals surface area contributed by atoms with Gasteiger partial charge in [0.05, 0.1) is 11.8 Å². The molecule has 6 nitrogen and oxygen atoms in total. The number of amides is 1. The molecule has 1 aliphatic rings. The minimum absolute atomic E-state index is 0.168. The van der Waals surface area contributed by atoms with Gasteiger partial charge in [0, 0.05) is 20.1 Å². The van der Waals surface area contributed by atoms with E-state index in [9.17, 15) is 14.7 Å². The Labute approximate surface area is 118 Å². The van der Waals surface area contributed by atoms with Crippen molar-refractivity contribution in [2.75, 3.05) is 13.1 Å². The van der Waals surface area contributed by atoms with E-state index in [1.54, 1.807) is 25.8 Å². The van der Waals surface area contributed by atoms with E-state index in [4.69, 9.17) is 0 Å². The highest BCUT2D eigenvalue weighted by atomic mass is 16.3. The lowest BCUT2D eigenvalue weighted by Gasteiger charge is -2.34. The van der Waals surface area contributed by atoms with Gasteiger partial charge in [-0.05, 0) is 31.7 Å². The maximum atomic E-state index is 12.6. The molecule has 1 aromatic rings. The quantitative estimate of drug-likeness (QED) is 0.799. The van der Waals surface area contributed by atoms with Gasteiger partial charge in [0.15, 0.2) is 0 Å². The molecule has 1 N–H and O–H groups in total. The molecule has 1 saturated heterocycles. The van der Waals surface area contributed by atoms with Gasteiger partial charge in [0.2, 0.25) is 0 Å². The second-order valence-corrected chi connectivity index (χ2v) is 5.60. The molecule has 1 fully saturated rings. The molecule has 1 aromatic heterocycles. The SMILES string of the molecule is Cc1nn(C)c(=O)c(C(=O)N2CCC(C)C(O)C2)c1C. The number of aryl methyl sites for hydroxylation is 2. The first-order valence-electron chi connectivity index (χ1n) is 6.84. The summed E-state index contributed by atoms with van der Waals surface area (Å²) >= 11 is 0. The van der Waals surface area contributed by atoms with Crippen LogP contribution in [0.4, 0.5) is 0 Å². The molecule has 0 aliphatic carbocycles. The van der Waals surface area contributed by atoms with Crippen molar-refractivity contribution >= 4 is 5.91 Å². The summed E-state index contributed by atoms with van der Waals surface area (Å²) in [6, 6.07) is 0. The van der Waals surface area contributed by atoms with E-state index < -0.39 is 6.10 Å². The van der Waals surface area contributed by atoms with Crippen LogP contribution in [-0.2, 0) is 7.05 Å². The maximum absolute atomic E-state index is 12.6. The molecule has 6 heteroatoms. The van der Waals surface area contributed by atoms with Crippen molar-refractivity contribution in [1.29, 1.82) is 0 Å². The van der Waals surface area contributed by atoms with Gasteiger partial charge < -0.3 is 10.0 Å². The van der Waals surface area contributed by atoms with Gasteiger partial charge in [-0.3, -0.25) is 9.59 Å². The number of aromatic nitrogens is 2. The van der Waals surface area contributed by atoms with Crippen molar-refractivity contribution in [3.63, 3.8) is 0 Å². The second-order valence-electron chi connectivity index (χ2n) is 5.60. The van der Waals surface area contributed by atoms with Gasteiger partial charge in [-0.1, -0.05) is 6.92 Å². The molecule has 0 saturated carbocycles. The zero-order valence-corrected chi connectivity index (χ0v) is 12.4. The van der Waals surface area contributed by atoms with Crippen molar-refractivity contribution in [3.05, 3.63) is 27.2 Å². The molecule has 2 heterocycles. The van der Waals surface area contributed by atoms with Crippen LogP contribution in [0.2, 0.25) is 0 Å². The van der Waals surface area contributed by atoms with Gasteiger partial charge in [0.25, 0.3) is 11.5 Å². The lowest BCUT2D eigenvalue weighted by molar-refractivity contribution is 0.0246. The minimum Gasteiger partial charge on any atom is -0.391 e. The smallest absolute Gasteiger partial charge is 0.279 e. The van der Waals surface area contributed by atoms with Crippen LogP contribution in [0.25, 0.3) is 0 Å². The maximum Gasteiger partial charge on any atom is 0.279 e. The molecular formula is C14H21N3O3. The van der Waals surface area contributed by atoms with Crippen LogP contribution in [0.1, 0.15) is 35.0 Å². The number of aliphatic hydroxyl groups is 1. The number of aliphatic hydroxyl groups excluding tert-OH is 1. The average Bonchev–Trinajstić information content (AvgIpc) is 2.40. The largest absolute Gasteiger partial charge is 0.391 e. The third-order valence-electron chi connectivity index (χ3n) is 4.15. The third-order valence-corrected chi connectivity index (χ3v) is 4.15. The average molecular weight is 279 g/mol. The number of β-amino-alcohol motifs (C(OH)–C–C–N with tert-alkyl or cyclic N) is 1. The molecule has 0 bridgehead atoms. The van der Waals surface area contributed by atoms with Crippen LogP contribution in [-0.4, -0.2) is 44.9 Å². The van der Waals surface area contributed by atoms with E-state index in [0.29, 0.717) is 17.8 Å².